The Balaban J connectivity index is 3.89. The first-order valence-corrected chi connectivity index (χ1v) is 13.4. The van der Waals surface area contributed by atoms with E-state index in [0.717, 1.165) is 5.56 Å². The Bertz CT molecular complexity index is 736. The van der Waals surface area contributed by atoms with Gasteiger partial charge in [0.2, 0.25) is 0 Å². The van der Waals surface area contributed by atoms with Crippen LogP contribution >= 0.6 is 15.2 Å². The molecule has 0 aromatic heterocycles. The molecule has 10 heteroatoms. The summed E-state index contributed by atoms with van der Waals surface area (Å²) in [5.41, 5.74) is 7.79. The molecule has 0 aliphatic heterocycles. The van der Waals surface area contributed by atoms with Gasteiger partial charge in [0, 0.05) is 5.92 Å². The summed E-state index contributed by atoms with van der Waals surface area (Å²) in [6.07, 6.45) is 0. The average molecular weight is 463 g/mol. The SMILES string of the molecule is CCOP(=O)(OCC)C([C@H](c1cccc(C)c1)[C@H](N)C(C)=O)P(=O)(OCC)OCC. The lowest BCUT2D eigenvalue weighted by molar-refractivity contribution is -0.118. The van der Waals surface area contributed by atoms with E-state index in [9.17, 15) is 13.9 Å². The lowest BCUT2D eigenvalue weighted by Gasteiger charge is -2.38. The van der Waals surface area contributed by atoms with Gasteiger partial charge in [-0.3, -0.25) is 13.9 Å². The van der Waals surface area contributed by atoms with E-state index in [1.807, 2.05) is 19.1 Å². The summed E-state index contributed by atoms with van der Waals surface area (Å²) >= 11 is 0. The van der Waals surface area contributed by atoms with Crippen LogP contribution in [0.2, 0.25) is 0 Å². The van der Waals surface area contributed by atoms with E-state index in [0.29, 0.717) is 5.56 Å². The van der Waals surface area contributed by atoms with Crippen LogP contribution in [0.15, 0.2) is 24.3 Å². The normalized spacial score (nSPS) is 14.7. The average Bonchev–Trinajstić information content (AvgIpc) is 2.65. The molecule has 0 unspecified atom stereocenters. The first-order valence-electron chi connectivity index (χ1n) is 10.2. The Morgan fingerprint density at radius 3 is 1.70 bits per heavy atom. The van der Waals surface area contributed by atoms with Gasteiger partial charge in [-0.05, 0) is 47.1 Å². The van der Waals surface area contributed by atoms with Gasteiger partial charge >= 0.3 is 15.2 Å². The van der Waals surface area contributed by atoms with Gasteiger partial charge in [0.1, 0.15) is 5.78 Å². The van der Waals surface area contributed by atoms with Gasteiger partial charge in [-0.25, -0.2) is 0 Å². The molecule has 172 valence electrons. The van der Waals surface area contributed by atoms with Crippen molar-refractivity contribution in [2.24, 2.45) is 5.73 Å². The predicted octanol–water partition coefficient (Wildman–Crippen LogP) is 4.85. The highest BCUT2D eigenvalue weighted by molar-refractivity contribution is 7.72. The van der Waals surface area contributed by atoms with E-state index >= 15 is 0 Å². The Hall–Kier alpha value is -0.850. The van der Waals surface area contributed by atoms with Gasteiger partial charge in [0.15, 0.2) is 5.40 Å². The second kappa shape index (κ2) is 12.3. The van der Waals surface area contributed by atoms with Crippen molar-refractivity contribution in [3.8, 4) is 0 Å². The summed E-state index contributed by atoms with van der Waals surface area (Å²) in [4.78, 5) is 12.4. The van der Waals surface area contributed by atoms with Crippen LogP contribution in [0, 0.1) is 6.92 Å². The number of benzene rings is 1. The third-order valence-electron chi connectivity index (χ3n) is 4.49. The number of hydrogen-bond donors (Lipinski definition) is 1. The molecule has 0 spiro atoms. The molecular formula is C20H35NO7P2. The van der Waals surface area contributed by atoms with E-state index in [4.69, 9.17) is 23.8 Å². The van der Waals surface area contributed by atoms with Gasteiger partial charge in [0.25, 0.3) is 0 Å². The van der Waals surface area contributed by atoms with Crippen molar-refractivity contribution < 1.29 is 32.0 Å². The van der Waals surface area contributed by atoms with Crippen molar-refractivity contribution in [2.75, 3.05) is 26.4 Å². The predicted molar refractivity (Wildman–Crippen MR) is 118 cm³/mol. The minimum absolute atomic E-state index is 0.0435. The third-order valence-corrected chi connectivity index (χ3v) is 10.6. The summed E-state index contributed by atoms with van der Waals surface area (Å²) in [6.45, 7) is 10.0. The molecule has 0 bridgehead atoms. The van der Waals surface area contributed by atoms with Crippen molar-refractivity contribution in [1.82, 2.24) is 0 Å². The molecule has 0 saturated carbocycles. The summed E-state index contributed by atoms with van der Waals surface area (Å²) in [5.74, 6) is -1.33. The number of Topliss-reactive ketones (excluding diaryl/α,β-unsaturated/α-hetero) is 1. The van der Waals surface area contributed by atoms with Crippen LogP contribution < -0.4 is 5.73 Å². The molecule has 1 aromatic rings. The molecule has 0 aliphatic rings. The van der Waals surface area contributed by atoms with Crippen molar-refractivity contribution in [3.05, 3.63) is 35.4 Å². The van der Waals surface area contributed by atoms with Gasteiger partial charge in [-0.15, -0.1) is 0 Å². The van der Waals surface area contributed by atoms with Crippen LogP contribution in [0.5, 0.6) is 0 Å². The maximum atomic E-state index is 14.0. The molecule has 1 rings (SSSR count). The maximum absolute atomic E-state index is 14.0. The molecule has 0 radical (unpaired) electrons. The van der Waals surface area contributed by atoms with Crippen molar-refractivity contribution in [3.63, 3.8) is 0 Å². The molecule has 0 fully saturated rings. The van der Waals surface area contributed by atoms with E-state index in [1.54, 1.807) is 39.8 Å². The van der Waals surface area contributed by atoms with E-state index in [2.05, 4.69) is 0 Å². The molecular weight excluding hydrogens is 428 g/mol. The molecule has 2 N–H and O–H groups in total. The quantitative estimate of drug-likeness (QED) is 0.389. The number of nitrogens with two attached hydrogens (primary N) is 1. The van der Waals surface area contributed by atoms with E-state index in [1.165, 1.54) is 6.92 Å². The smallest absolute Gasteiger partial charge is 0.321 e. The highest BCUT2D eigenvalue weighted by Gasteiger charge is 2.57. The minimum Gasteiger partial charge on any atom is -0.321 e. The lowest BCUT2D eigenvalue weighted by Crippen LogP contribution is -2.42. The maximum Gasteiger partial charge on any atom is 0.346 e. The van der Waals surface area contributed by atoms with Gasteiger partial charge < -0.3 is 23.8 Å². The number of rotatable bonds is 14. The number of carbonyl (C=O) groups excluding carboxylic acids is 1. The largest absolute Gasteiger partial charge is 0.346 e. The monoisotopic (exact) mass is 463 g/mol. The Morgan fingerprint density at radius 2 is 1.37 bits per heavy atom. The molecule has 1 aromatic carbocycles. The topological polar surface area (TPSA) is 114 Å². The Morgan fingerprint density at radius 1 is 0.933 bits per heavy atom. The molecule has 0 amide bonds. The molecule has 0 aliphatic carbocycles. The zero-order chi connectivity index (χ0) is 22.9. The summed E-state index contributed by atoms with van der Waals surface area (Å²) in [5, 5.41) is -1.41. The first-order chi connectivity index (χ1) is 14.1. The summed E-state index contributed by atoms with van der Waals surface area (Å²) < 4.78 is 50.3. The fraction of sp³-hybridized carbons (Fsp3) is 0.650. The standard InChI is InChI=1S/C20H35NO7P2/c1-7-25-29(23,26-8-2)20(30(24,27-9-3)28-10-4)18(19(21)16(6)22)17-13-11-12-15(5)14-17/h11-14,18-20H,7-10,21H2,1-6H3/t18-,19-/m1/s1. The zero-order valence-electron chi connectivity index (χ0n) is 18.7. The Kier molecular flexibility index (Phi) is 11.1. The van der Waals surface area contributed by atoms with E-state index < -0.39 is 32.6 Å². The molecule has 8 nitrogen and oxygen atoms in total. The molecule has 0 saturated heterocycles. The highest BCUT2D eigenvalue weighted by atomic mass is 31.2. The van der Waals surface area contributed by atoms with Gasteiger partial charge in [0.05, 0.1) is 32.5 Å². The fourth-order valence-electron chi connectivity index (χ4n) is 3.36. The van der Waals surface area contributed by atoms with Gasteiger partial charge in [-0.1, -0.05) is 29.8 Å². The zero-order valence-corrected chi connectivity index (χ0v) is 20.5. The van der Waals surface area contributed by atoms with Crippen molar-refractivity contribution >= 4 is 21.0 Å². The number of carbonyl (C=O) groups is 1. The van der Waals surface area contributed by atoms with Crippen molar-refractivity contribution in [2.45, 2.75) is 58.9 Å². The lowest BCUT2D eigenvalue weighted by atomic mass is 9.90. The van der Waals surface area contributed by atoms with Crippen LogP contribution in [-0.4, -0.2) is 43.7 Å². The third kappa shape index (κ3) is 6.57. The summed E-state index contributed by atoms with van der Waals surface area (Å²) in [7, 11) is -8.17. The second-order valence-electron chi connectivity index (χ2n) is 6.74. The second-order valence-corrected chi connectivity index (χ2v) is 11.5. The number of ketones is 1. The van der Waals surface area contributed by atoms with Crippen LogP contribution in [0.1, 0.15) is 51.7 Å². The number of aryl methyl sites for hydroxylation is 1. The summed E-state index contributed by atoms with van der Waals surface area (Å²) in [6, 6.07) is 6.10. The highest BCUT2D eigenvalue weighted by Crippen LogP contribution is 2.74. The first kappa shape index (κ1) is 27.2. The minimum atomic E-state index is -4.09. The van der Waals surface area contributed by atoms with Crippen LogP contribution in [0.4, 0.5) is 0 Å². The van der Waals surface area contributed by atoms with Crippen LogP contribution in [0.3, 0.4) is 0 Å². The fourth-order valence-corrected chi connectivity index (χ4v) is 9.25. The van der Waals surface area contributed by atoms with Crippen LogP contribution in [0.25, 0.3) is 0 Å². The van der Waals surface area contributed by atoms with E-state index in [-0.39, 0.29) is 32.2 Å². The molecule has 0 heterocycles. The molecule has 2 atom stereocenters. The van der Waals surface area contributed by atoms with Gasteiger partial charge in [-0.2, -0.15) is 0 Å². The molecule has 30 heavy (non-hydrogen) atoms. The Labute approximate surface area is 179 Å². The van der Waals surface area contributed by atoms with Crippen LogP contribution in [-0.2, 0) is 32.0 Å². The van der Waals surface area contributed by atoms with Crippen molar-refractivity contribution in [1.29, 1.82) is 0 Å². The number of hydrogen-bond acceptors (Lipinski definition) is 8.